The standard InChI is InChI=1S/C37H39N4O/c1-4-6-13-29-30(14-7-5-2)34-17-10-20-38-37(34)41-35-24-28(18-19-31(35)33-16-9-15-32(29)36(33)41)42-27-12-8-11-26(23-27)40-22-21-39(3)25-40/h8-12,15-25,29-30H,4-7,13-14H2,1-3H3/q+1. The second-order valence-corrected chi connectivity index (χ2v) is 11.8. The van der Waals surface area contributed by atoms with Crippen molar-refractivity contribution in [3.63, 3.8) is 0 Å². The number of hydrogen-bond donors (Lipinski definition) is 0. The van der Waals surface area contributed by atoms with Crippen molar-refractivity contribution in [2.24, 2.45) is 7.05 Å². The average Bonchev–Trinajstić information content (AvgIpc) is 3.57. The van der Waals surface area contributed by atoms with Crippen molar-refractivity contribution in [1.82, 2.24) is 14.1 Å². The lowest BCUT2D eigenvalue weighted by atomic mass is 9.76. The summed E-state index contributed by atoms with van der Waals surface area (Å²) in [6.45, 7) is 4.61. The Labute approximate surface area is 248 Å². The van der Waals surface area contributed by atoms with Crippen molar-refractivity contribution in [2.45, 2.75) is 64.2 Å². The van der Waals surface area contributed by atoms with E-state index in [0.717, 1.165) is 28.5 Å². The summed E-state index contributed by atoms with van der Waals surface area (Å²) in [4.78, 5) is 5.08. The minimum Gasteiger partial charge on any atom is -0.457 e. The molecule has 0 amide bonds. The number of aromatic nitrogens is 4. The number of aryl methyl sites for hydroxylation is 1. The molecule has 2 unspecified atom stereocenters. The zero-order chi connectivity index (χ0) is 28.6. The fourth-order valence-corrected chi connectivity index (χ4v) is 6.98. The molecule has 212 valence electrons. The first kappa shape index (κ1) is 26.5. The molecule has 3 aromatic heterocycles. The molecule has 1 aliphatic heterocycles. The van der Waals surface area contributed by atoms with Gasteiger partial charge >= 0.3 is 0 Å². The summed E-state index contributed by atoms with van der Waals surface area (Å²) in [5.74, 6) is 3.64. The van der Waals surface area contributed by atoms with Gasteiger partial charge in [0, 0.05) is 29.1 Å². The number of hydrogen-bond acceptors (Lipinski definition) is 2. The van der Waals surface area contributed by atoms with Crippen molar-refractivity contribution < 1.29 is 9.30 Å². The van der Waals surface area contributed by atoms with E-state index in [2.05, 4.69) is 96.2 Å². The van der Waals surface area contributed by atoms with Gasteiger partial charge in [0.15, 0.2) is 0 Å². The Hall–Kier alpha value is -4.38. The molecule has 0 bridgehead atoms. The van der Waals surface area contributed by atoms with Crippen molar-refractivity contribution in [2.75, 3.05) is 0 Å². The number of ether oxygens (including phenoxy) is 1. The van der Waals surface area contributed by atoms with Gasteiger partial charge in [-0.2, -0.15) is 0 Å². The first-order valence-corrected chi connectivity index (χ1v) is 15.5. The Morgan fingerprint density at radius 3 is 2.36 bits per heavy atom. The van der Waals surface area contributed by atoms with E-state index in [1.54, 1.807) is 0 Å². The predicted octanol–water partition coefficient (Wildman–Crippen LogP) is 9.15. The normalized spacial score (nSPS) is 16.1. The number of para-hydroxylation sites is 1. The van der Waals surface area contributed by atoms with Gasteiger partial charge in [-0.05, 0) is 66.1 Å². The Morgan fingerprint density at radius 1 is 0.810 bits per heavy atom. The molecule has 0 spiro atoms. The van der Waals surface area contributed by atoms with E-state index in [1.165, 1.54) is 65.9 Å². The SMILES string of the molecule is CCCCC1c2cccnc2-n2c3cc(Oc4cccc(-n5cc[n+](C)c5)c4)ccc3c3cccc(c32)C1CCCC. The highest BCUT2D eigenvalue weighted by Gasteiger charge is 2.33. The van der Waals surface area contributed by atoms with E-state index in [1.807, 2.05) is 36.1 Å². The van der Waals surface area contributed by atoms with Crippen LogP contribution in [0, 0.1) is 0 Å². The zero-order valence-corrected chi connectivity index (χ0v) is 24.8. The maximum Gasteiger partial charge on any atom is 0.248 e. The number of rotatable bonds is 9. The minimum absolute atomic E-state index is 0.457. The minimum atomic E-state index is 0.457. The van der Waals surface area contributed by atoms with Crippen LogP contribution in [0.15, 0.2) is 97.7 Å². The van der Waals surface area contributed by atoms with Gasteiger partial charge in [-0.1, -0.05) is 69.9 Å². The Balaban J connectivity index is 1.39. The molecule has 5 nitrogen and oxygen atoms in total. The fraction of sp³-hybridized carbons (Fsp3) is 0.297. The van der Waals surface area contributed by atoms with Gasteiger partial charge in [0.2, 0.25) is 6.33 Å². The van der Waals surface area contributed by atoms with Crippen LogP contribution in [0.25, 0.3) is 33.3 Å². The van der Waals surface area contributed by atoms with E-state index in [0.29, 0.717) is 11.8 Å². The van der Waals surface area contributed by atoms with Crippen LogP contribution in [-0.2, 0) is 7.05 Å². The number of benzene rings is 3. The lowest BCUT2D eigenvalue weighted by Crippen LogP contribution is -2.23. The molecule has 7 rings (SSSR count). The fourth-order valence-electron chi connectivity index (χ4n) is 6.98. The van der Waals surface area contributed by atoms with Gasteiger partial charge in [-0.25, -0.2) is 14.1 Å². The highest BCUT2D eigenvalue weighted by Crippen LogP contribution is 2.49. The molecule has 0 saturated heterocycles. The molecule has 1 aliphatic rings. The summed E-state index contributed by atoms with van der Waals surface area (Å²) in [6, 6.07) is 26.2. The number of imidazole rings is 1. The van der Waals surface area contributed by atoms with E-state index in [4.69, 9.17) is 9.72 Å². The Morgan fingerprint density at radius 2 is 1.57 bits per heavy atom. The van der Waals surface area contributed by atoms with Crippen molar-refractivity contribution in [3.8, 4) is 23.0 Å². The maximum absolute atomic E-state index is 6.51. The summed E-state index contributed by atoms with van der Waals surface area (Å²) >= 11 is 0. The lowest BCUT2D eigenvalue weighted by Gasteiger charge is -2.27. The second kappa shape index (κ2) is 11.1. The van der Waals surface area contributed by atoms with Crippen LogP contribution in [0.2, 0.25) is 0 Å². The number of nitrogens with zero attached hydrogens (tertiary/aromatic N) is 4. The number of unbranched alkanes of at least 4 members (excludes halogenated alkanes) is 2. The summed E-state index contributed by atoms with van der Waals surface area (Å²) in [5.41, 5.74) is 6.36. The van der Waals surface area contributed by atoms with E-state index < -0.39 is 0 Å². The van der Waals surface area contributed by atoms with Crippen LogP contribution in [0.4, 0.5) is 0 Å². The highest BCUT2D eigenvalue weighted by atomic mass is 16.5. The molecule has 0 N–H and O–H groups in total. The van der Waals surface area contributed by atoms with Crippen molar-refractivity contribution in [1.29, 1.82) is 0 Å². The molecule has 0 aliphatic carbocycles. The quantitative estimate of drug-likeness (QED) is 0.167. The van der Waals surface area contributed by atoms with Crippen LogP contribution in [0.1, 0.15) is 75.3 Å². The molecule has 42 heavy (non-hydrogen) atoms. The van der Waals surface area contributed by atoms with E-state index >= 15 is 0 Å². The zero-order valence-electron chi connectivity index (χ0n) is 24.8. The van der Waals surface area contributed by atoms with E-state index in [-0.39, 0.29) is 0 Å². The third-order valence-electron chi connectivity index (χ3n) is 8.96. The molecule has 3 aromatic carbocycles. The van der Waals surface area contributed by atoms with Crippen molar-refractivity contribution >= 4 is 21.8 Å². The van der Waals surface area contributed by atoms with Gasteiger partial charge in [0.05, 0.1) is 18.1 Å². The predicted molar refractivity (Wildman–Crippen MR) is 170 cm³/mol. The molecular weight excluding hydrogens is 516 g/mol. The molecule has 0 saturated carbocycles. The third kappa shape index (κ3) is 4.57. The van der Waals surface area contributed by atoms with E-state index in [9.17, 15) is 0 Å². The Kier molecular flexibility index (Phi) is 7.02. The van der Waals surface area contributed by atoms with Crippen LogP contribution >= 0.6 is 0 Å². The van der Waals surface area contributed by atoms with Gasteiger partial charge < -0.3 is 4.74 Å². The van der Waals surface area contributed by atoms with Gasteiger partial charge in [-0.3, -0.25) is 4.57 Å². The lowest BCUT2D eigenvalue weighted by molar-refractivity contribution is -0.670. The third-order valence-corrected chi connectivity index (χ3v) is 8.96. The summed E-state index contributed by atoms with van der Waals surface area (Å²) in [5, 5.41) is 2.54. The van der Waals surface area contributed by atoms with Gasteiger partial charge in [-0.15, -0.1) is 0 Å². The summed E-state index contributed by atoms with van der Waals surface area (Å²) < 4.78 is 13.1. The molecule has 5 heteroatoms. The number of fused-ring (bicyclic) bond motifs is 5. The summed E-state index contributed by atoms with van der Waals surface area (Å²) in [6.07, 6.45) is 15.4. The van der Waals surface area contributed by atoms with Crippen LogP contribution in [0.5, 0.6) is 11.5 Å². The molecular formula is C37H39N4O+. The van der Waals surface area contributed by atoms with Crippen LogP contribution < -0.4 is 9.30 Å². The second-order valence-electron chi connectivity index (χ2n) is 11.8. The molecule has 2 atom stereocenters. The first-order valence-electron chi connectivity index (χ1n) is 15.5. The van der Waals surface area contributed by atoms with Crippen molar-refractivity contribution in [3.05, 3.63) is 109 Å². The van der Waals surface area contributed by atoms with Gasteiger partial charge in [0.25, 0.3) is 0 Å². The maximum atomic E-state index is 6.51. The topological polar surface area (TPSA) is 35.9 Å². The summed E-state index contributed by atoms with van der Waals surface area (Å²) in [7, 11) is 2.03. The molecule has 0 radical (unpaired) electrons. The van der Waals surface area contributed by atoms with Gasteiger partial charge in [0.1, 0.15) is 35.4 Å². The molecule has 6 aromatic rings. The number of pyridine rings is 1. The largest absolute Gasteiger partial charge is 0.457 e. The molecule has 0 fully saturated rings. The Bertz CT molecular complexity index is 1880. The smallest absolute Gasteiger partial charge is 0.248 e. The monoisotopic (exact) mass is 555 g/mol. The van der Waals surface area contributed by atoms with Crippen LogP contribution in [-0.4, -0.2) is 14.1 Å². The first-order chi connectivity index (χ1) is 20.7. The highest BCUT2D eigenvalue weighted by molar-refractivity contribution is 6.11. The van der Waals surface area contributed by atoms with Crippen LogP contribution in [0.3, 0.4) is 0 Å². The average molecular weight is 556 g/mol. The molecule has 4 heterocycles.